The summed E-state index contributed by atoms with van der Waals surface area (Å²) in [5.74, 6) is 1.13. The van der Waals surface area contributed by atoms with Gasteiger partial charge in [-0.2, -0.15) is 5.10 Å². The summed E-state index contributed by atoms with van der Waals surface area (Å²) in [6.07, 6.45) is 4.13. The molecule has 0 aliphatic heterocycles. The molecule has 4 N–H and O–H groups in total. The van der Waals surface area contributed by atoms with E-state index in [1.54, 1.807) is 19.3 Å². The fourth-order valence-electron chi connectivity index (χ4n) is 5.45. The van der Waals surface area contributed by atoms with Crippen molar-refractivity contribution in [3.63, 3.8) is 0 Å². The standard InChI is InChI=1S/C28H30FN5O2/c1-15-10-18(28(30)34-31-3)11-16(2)26(15)19-5-7-22(29)27-20(19)6-8-23(27)33-25-9-4-17(13-32-25)21-12-24(21)36-14-35/h4-5,7,9-11,13-14,21,23-24,31H,6,8,12H2,1-3H3,(H2,30,34)(H,32,33)/t21?,23-,24+/m1/s1. The van der Waals surface area contributed by atoms with Crippen LogP contribution in [0.15, 0.2) is 47.7 Å². The van der Waals surface area contributed by atoms with E-state index in [9.17, 15) is 4.79 Å². The Morgan fingerprint density at radius 1 is 1.22 bits per heavy atom. The maximum atomic E-state index is 15.1. The molecule has 1 saturated carbocycles. The largest absolute Gasteiger partial charge is 0.464 e. The highest BCUT2D eigenvalue weighted by molar-refractivity contribution is 5.98. The zero-order valence-electron chi connectivity index (χ0n) is 20.6. The smallest absolute Gasteiger partial charge is 0.293 e. The summed E-state index contributed by atoms with van der Waals surface area (Å²) in [4.78, 5) is 15.1. The van der Waals surface area contributed by atoms with E-state index < -0.39 is 0 Å². The van der Waals surface area contributed by atoms with Crippen molar-refractivity contribution in [1.29, 1.82) is 0 Å². The topological polar surface area (TPSA) is 102 Å². The van der Waals surface area contributed by atoms with Gasteiger partial charge in [0, 0.05) is 30.3 Å². The SMILES string of the molecule is CN/N=C(\N)c1cc(C)c(-c2ccc(F)c3c2CC[C@H]3Nc2ccc(C3C[C@@H]3OC=O)cn2)c(C)c1. The second kappa shape index (κ2) is 9.60. The van der Waals surface area contributed by atoms with E-state index in [0.717, 1.165) is 58.2 Å². The van der Waals surface area contributed by atoms with E-state index in [-0.39, 0.29) is 23.9 Å². The molecule has 0 bridgehead atoms. The van der Waals surface area contributed by atoms with Crippen LogP contribution in [0, 0.1) is 19.7 Å². The predicted molar refractivity (Wildman–Crippen MR) is 138 cm³/mol. The minimum atomic E-state index is -0.204. The van der Waals surface area contributed by atoms with Gasteiger partial charge in [0.25, 0.3) is 6.47 Å². The number of benzene rings is 2. The van der Waals surface area contributed by atoms with Crippen molar-refractivity contribution in [3.8, 4) is 11.1 Å². The van der Waals surface area contributed by atoms with Gasteiger partial charge in [-0.3, -0.25) is 4.79 Å². The molecule has 2 aliphatic carbocycles. The summed E-state index contributed by atoms with van der Waals surface area (Å²) in [5.41, 5.74) is 16.7. The molecular weight excluding hydrogens is 457 g/mol. The number of hydrogen-bond donors (Lipinski definition) is 3. The average Bonchev–Trinajstić information content (AvgIpc) is 3.49. The van der Waals surface area contributed by atoms with Crippen LogP contribution in [0.3, 0.4) is 0 Å². The van der Waals surface area contributed by atoms with Crippen LogP contribution in [0.25, 0.3) is 11.1 Å². The molecule has 2 aliphatic rings. The van der Waals surface area contributed by atoms with Crippen LogP contribution in [0.5, 0.6) is 0 Å². The van der Waals surface area contributed by atoms with E-state index in [0.29, 0.717) is 23.7 Å². The third-order valence-electron chi connectivity index (χ3n) is 7.16. The zero-order valence-corrected chi connectivity index (χ0v) is 20.6. The second-order valence-corrected chi connectivity index (χ2v) is 9.52. The fourth-order valence-corrected chi connectivity index (χ4v) is 5.45. The molecule has 1 aromatic heterocycles. The molecule has 5 rings (SSSR count). The van der Waals surface area contributed by atoms with Crippen molar-refractivity contribution in [2.24, 2.45) is 10.8 Å². The van der Waals surface area contributed by atoms with Crippen LogP contribution in [0.4, 0.5) is 10.2 Å². The van der Waals surface area contributed by atoms with Gasteiger partial charge in [0.2, 0.25) is 0 Å². The molecule has 0 amide bonds. The maximum absolute atomic E-state index is 15.1. The van der Waals surface area contributed by atoms with Crippen LogP contribution in [0.2, 0.25) is 0 Å². The number of nitrogens with two attached hydrogens (primary N) is 1. The van der Waals surface area contributed by atoms with E-state index in [1.165, 1.54) is 0 Å². The first-order valence-electron chi connectivity index (χ1n) is 12.2. The van der Waals surface area contributed by atoms with Crippen LogP contribution >= 0.6 is 0 Å². The van der Waals surface area contributed by atoms with Gasteiger partial charge in [0.1, 0.15) is 17.7 Å². The quantitative estimate of drug-likeness (QED) is 0.188. The monoisotopic (exact) mass is 487 g/mol. The number of hydrogen-bond acceptors (Lipinski definition) is 6. The number of hydrazone groups is 1. The molecule has 3 aromatic rings. The Morgan fingerprint density at radius 3 is 2.67 bits per heavy atom. The molecule has 3 atom stereocenters. The number of carbonyl (C=O) groups is 1. The molecule has 2 aromatic carbocycles. The lowest BCUT2D eigenvalue weighted by atomic mass is 9.89. The minimum absolute atomic E-state index is 0.0506. The molecule has 0 saturated heterocycles. The van der Waals surface area contributed by atoms with Gasteiger partial charge in [-0.15, -0.1) is 0 Å². The Labute approximate surface area is 210 Å². The third kappa shape index (κ3) is 4.39. The van der Waals surface area contributed by atoms with Crippen LogP contribution in [-0.2, 0) is 16.0 Å². The number of rotatable bonds is 8. The number of fused-ring (bicyclic) bond motifs is 1. The third-order valence-corrected chi connectivity index (χ3v) is 7.16. The van der Waals surface area contributed by atoms with Crippen molar-refractivity contribution in [2.75, 3.05) is 12.4 Å². The highest BCUT2D eigenvalue weighted by atomic mass is 19.1. The van der Waals surface area contributed by atoms with Crippen molar-refractivity contribution >= 4 is 18.1 Å². The number of aryl methyl sites for hydroxylation is 2. The van der Waals surface area contributed by atoms with Crippen LogP contribution in [0.1, 0.15) is 58.2 Å². The lowest BCUT2D eigenvalue weighted by molar-refractivity contribution is -0.129. The van der Waals surface area contributed by atoms with E-state index in [2.05, 4.69) is 34.7 Å². The number of carbonyl (C=O) groups excluding carboxylic acids is 1. The Bertz CT molecular complexity index is 1320. The lowest BCUT2D eigenvalue weighted by Gasteiger charge is -2.19. The Kier molecular flexibility index (Phi) is 6.35. The number of anilines is 1. The summed E-state index contributed by atoms with van der Waals surface area (Å²) in [6.45, 7) is 4.60. The van der Waals surface area contributed by atoms with E-state index >= 15 is 4.39 Å². The number of halogens is 1. The molecule has 0 radical (unpaired) electrons. The van der Waals surface area contributed by atoms with Gasteiger partial charge in [0.15, 0.2) is 5.84 Å². The van der Waals surface area contributed by atoms with Gasteiger partial charge in [-0.1, -0.05) is 12.1 Å². The molecule has 1 unspecified atom stereocenters. The zero-order chi connectivity index (χ0) is 25.4. The molecule has 7 nitrogen and oxygen atoms in total. The normalized spacial score (nSPS) is 20.6. The number of ether oxygens (including phenoxy) is 1. The maximum Gasteiger partial charge on any atom is 0.293 e. The summed E-state index contributed by atoms with van der Waals surface area (Å²) in [5, 5.41) is 7.52. The number of aromatic nitrogens is 1. The highest BCUT2D eigenvalue weighted by Crippen LogP contribution is 2.44. The van der Waals surface area contributed by atoms with Crippen LogP contribution < -0.4 is 16.5 Å². The van der Waals surface area contributed by atoms with Gasteiger partial charge in [0.05, 0.1) is 6.04 Å². The first-order valence-corrected chi connectivity index (χ1v) is 12.2. The molecule has 1 heterocycles. The average molecular weight is 488 g/mol. The molecular formula is C28H30FN5O2. The predicted octanol–water partition coefficient (Wildman–Crippen LogP) is 4.47. The first-order chi connectivity index (χ1) is 17.4. The minimum Gasteiger partial charge on any atom is -0.464 e. The molecule has 0 spiro atoms. The fraction of sp³-hybridized carbons (Fsp3) is 0.321. The van der Waals surface area contributed by atoms with Crippen molar-refractivity contribution in [2.45, 2.75) is 51.2 Å². The van der Waals surface area contributed by atoms with E-state index in [1.807, 2.05) is 30.3 Å². The second-order valence-electron chi connectivity index (χ2n) is 9.52. The number of nitrogens with one attached hydrogen (secondary N) is 2. The van der Waals surface area contributed by atoms with Crippen molar-refractivity contribution < 1.29 is 13.9 Å². The molecule has 8 heteroatoms. The summed E-state index contributed by atoms with van der Waals surface area (Å²) in [6, 6.07) is 11.2. The number of amidine groups is 1. The highest BCUT2D eigenvalue weighted by Gasteiger charge is 2.40. The van der Waals surface area contributed by atoms with Crippen LogP contribution in [-0.4, -0.2) is 30.4 Å². The van der Waals surface area contributed by atoms with E-state index in [4.69, 9.17) is 10.5 Å². The van der Waals surface area contributed by atoms with Gasteiger partial charge >= 0.3 is 0 Å². The number of pyridine rings is 1. The Hall–Kier alpha value is -3.94. The summed E-state index contributed by atoms with van der Waals surface area (Å²) in [7, 11) is 1.71. The lowest BCUT2D eigenvalue weighted by Crippen LogP contribution is -2.17. The van der Waals surface area contributed by atoms with Gasteiger partial charge < -0.3 is 21.2 Å². The summed E-state index contributed by atoms with van der Waals surface area (Å²) >= 11 is 0. The Balaban J connectivity index is 1.41. The molecule has 1 fully saturated rings. The Morgan fingerprint density at radius 2 is 2.00 bits per heavy atom. The number of nitrogens with zero attached hydrogens (tertiary/aromatic N) is 2. The first kappa shape index (κ1) is 23.8. The van der Waals surface area contributed by atoms with Gasteiger partial charge in [-0.25, -0.2) is 9.37 Å². The van der Waals surface area contributed by atoms with Crippen molar-refractivity contribution in [1.82, 2.24) is 10.4 Å². The van der Waals surface area contributed by atoms with Crippen molar-refractivity contribution in [3.05, 3.63) is 81.8 Å². The molecule has 36 heavy (non-hydrogen) atoms. The summed E-state index contributed by atoms with van der Waals surface area (Å²) < 4.78 is 20.2. The van der Waals surface area contributed by atoms with Gasteiger partial charge in [-0.05, 0) is 90.8 Å². The molecule has 186 valence electrons.